The van der Waals surface area contributed by atoms with Crippen molar-refractivity contribution in [3.63, 3.8) is 0 Å². The Morgan fingerprint density at radius 2 is 1.34 bits per heavy atom. The number of imidazole rings is 2. The van der Waals surface area contributed by atoms with E-state index in [0.717, 1.165) is 11.0 Å². The molecule has 0 bridgehead atoms. The number of alkyl halides is 1. The monoisotopic (exact) mass is 822 g/mol. The number of nitro benzene ring substituents is 2. The van der Waals surface area contributed by atoms with Gasteiger partial charge in [0.25, 0.3) is 0 Å². The van der Waals surface area contributed by atoms with Crippen molar-refractivity contribution in [1.82, 2.24) is 29.9 Å². The summed E-state index contributed by atoms with van der Waals surface area (Å²) in [5.41, 5.74) is 3.30. The molecule has 0 aliphatic heterocycles. The lowest BCUT2D eigenvalue weighted by molar-refractivity contribution is -0.385. The maximum absolute atomic E-state index is 12.1. The first-order valence-corrected chi connectivity index (χ1v) is 17.2. The molecule has 6 aromatic rings. The van der Waals surface area contributed by atoms with Crippen LogP contribution in [0.1, 0.15) is 0 Å². The molecule has 4 aromatic heterocycles. The number of nitrogens with zero attached hydrogens (tertiary/aromatic N) is 5. The van der Waals surface area contributed by atoms with E-state index in [-0.39, 0.29) is 40.4 Å². The van der Waals surface area contributed by atoms with Crippen LogP contribution in [0.5, 0.6) is 11.5 Å². The second kappa shape index (κ2) is 18.8. The summed E-state index contributed by atoms with van der Waals surface area (Å²) < 4.78 is 10.3. The third-order valence-corrected chi connectivity index (χ3v) is 8.19. The molecule has 0 aliphatic carbocycles. The highest BCUT2D eigenvalue weighted by molar-refractivity contribution is 7.99. The Bertz CT molecular complexity index is 2350. The summed E-state index contributed by atoms with van der Waals surface area (Å²) in [4.78, 5) is 64.6. The molecule has 0 saturated heterocycles. The molecule has 0 unspecified atom stereocenters. The van der Waals surface area contributed by atoms with Gasteiger partial charge in [-0.25, -0.2) is 15.0 Å². The van der Waals surface area contributed by atoms with Crippen LogP contribution in [0, 0.1) is 25.0 Å². The first kappa shape index (κ1) is 40.2. The number of anilines is 2. The highest BCUT2D eigenvalue weighted by Crippen LogP contribution is 2.31. The number of hydrogen-bond acceptors (Lipinski definition) is 13. The summed E-state index contributed by atoms with van der Waals surface area (Å²) >= 11 is 22.8. The third kappa shape index (κ3) is 11.5. The van der Waals surface area contributed by atoms with Gasteiger partial charge in [0.05, 0.1) is 64.3 Å². The normalized spacial score (nSPS) is 10.4. The number of carbonyl (C=O) groups is 2. The molecule has 0 atom stereocenters. The molecule has 0 fully saturated rings. The zero-order valence-corrected chi connectivity index (χ0v) is 31.0. The average Bonchev–Trinajstić information content (AvgIpc) is 3.72. The zero-order chi connectivity index (χ0) is 38.7. The van der Waals surface area contributed by atoms with Crippen molar-refractivity contribution in [2.75, 3.05) is 36.5 Å². The highest BCUT2D eigenvalue weighted by atomic mass is 35.5. The standard InChI is InChI=1S/C15H12ClN5O4S.C9H9ClN2O4.C6H4ClN3S/c1-25-12-3-2-8(4-11(12)21(23)24)18-14(22)7-26-15-19-9-5-13(16)17-6-10(9)20-15;1-16-8-3-2-6(11-9(13)5-10)4-7(8)12(14)15;7-5-1-3-4(2-8-5)10-6(11)9-3/h2-6H,7H2,1H3,(H,18,22)(H,19,20);2-4H,5H2,1H3,(H,11,13);1-2H,(H2,9,10,11). The Morgan fingerprint density at radius 1 is 0.811 bits per heavy atom. The highest BCUT2D eigenvalue weighted by Gasteiger charge is 2.17. The maximum atomic E-state index is 12.1. The Labute approximate surface area is 322 Å². The summed E-state index contributed by atoms with van der Waals surface area (Å²) in [5.74, 6) is -0.640. The number of H-pyrrole nitrogens is 3. The number of aromatic nitrogens is 6. The minimum Gasteiger partial charge on any atom is -0.490 e. The number of nitrogens with one attached hydrogen (secondary N) is 5. The fourth-order valence-electron chi connectivity index (χ4n) is 4.18. The molecular formula is C30H25Cl3N10O8S2. The van der Waals surface area contributed by atoms with Crippen molar-refractivity contribution in [1.29, 1.82) is 0 Å². The molecule has 6 rings (SSSR count). The van der Waals surface area contributed by atoms with E-state index in [4.69, 9.17) is 56.5 Å². The summed E-state index contributed by atoms with van der Waals surface area (Å²) in [6.07, 6.45) is 3.20. The van der Waals surface area contributed by atoms with Crippen LogP contribution < -0.4 is 20.1 Å². The molecule has 2 aromatic carbocycles. The number of carbonyl (C=O) groups excluding carboxylic acids is 2. The number of methoxy groups -OCH3 is 2. The van der Waals surface area contributed by atoms with Gasteiger partial charge in [-0.05, 0) is 36.5 Å². The van der Waals surface area contributed by atoms with E-state index < -0.39 is 15.8 Å². The zero-order valence-electron chi connectivity index (χ0n) is 27.1. The molecule has 276 valence electrons. The van der Waals surface area contributed by atoms with Crippen molar-refractivity contribution in [2.45, 2.75) is 5.16 Å². The van der Waals surface area contributed by atoms with E-state index in [1.54, 1.807) is 24.5 Å². The summed E-state index contributed by atoms with van der Waals surface area (Å²) in [7, 11) is 2.67. The SMILES string of the molecule is COc1ccc(NC(=O)CCl)cc1[N+](=O)[O-].COc1ccc(NC(=O)CSc2nc3cc(Cl)ncc3[nH]2)cc1[N+](=O)[O-].S=c1[nH]c2cnc(Cl)cc2[nH]1. The number of aromatic amines is 3. The molecule has 0 aliphatic rings. The number of thioether (sulfide) groups is 1. The van der Waals surface area contributed by atoms with Crippen LogP contribution in [0.3, 0.4) is 0 Å². The second-order valence-electron chi connectivity index (χ2n) is 10.0. The second-order valence-corrected chi connectivity index (χ2v) is 12.4. The first-order chi connectivity index (χ1) is 25.3. The molecule has 2 amide bonds. The number of halogens is 3. The van der Waals surface area contributed by atoms with Gasteiger partial charge in [0.15, 0.2) is 21.4 Å². The van der Waals surface area contributed by atoms with Gasteiger partial charge < -0.3 is 35.1 Å². The Morgan fingerprint density at radius 3 is 1.89 bits per heavy atom. The lowest BCUT2D eigenvalue weighted by atomic mass is 10.2. The van der Waals surface area contributed by atoms with Crippen LogP contribution >= 0.6 is 58.8 Å². The average molecular weight is 824 g/mol. The fourth-order valence-corrected chi connectivity index (χ4v) is 5.47. The van der Waals surface area contributed by atoms with E-state index in [1.165, 1.54) is 62.4 Å². The lowest BCUT2D eigenvalue weighted by Gasteiger charge is -2.06. The molecule has 23 heteroatoms. The van der Waals surface area contributed by atoms with Crippen LogP contribution in [-0.4, -0.2) is 77.4 Å². The molecular weight excluding hydrogens is 799 g/mol. The molecule has 18 nitrogen and oxygen atoms in total. The quantitative estimate of drug-likeness (QED) is 0.0227. The molecule has 53 heavy (non-hydrogen) atoms. The number of rotatable bonds is 10. The van der Waals surface area contributed by atoms with Gasteiger partial charge in [-0.3, -0.25) is 29.8 Å². The van der Waals surface area contributed by atoms with Crippen LogP contribution in [0.15, 0.2) is 66.1 Å². The van der Waals surface area contributed by atoms with E-state index in [1.807, 2.05) is 0 Å². The molecule has 0 spiro atoms. The Hall–Kier alpha value is -5.54. The Balaban J connectivity index is 0.000000197. The van der Waals surface area contributed by atoms with Crippen molar-refractivity contribution < 1.29 is 28.9 Å². The van der Waals surface area contributed by atoms with Gasteiger partial charge in [-0.2, -0.15) is 0 Å². The van der Waals surface area contributed by atoms with Crippen LogP contribution in [0.4, 0.5) is 22.7 Å². The molecule has 0 radical (unpaired) electrons. The van der Waals surface area contributed by atoms with Gasteiger partial charge >= 0.3 is 11.4 Å². The molecule has 0 saturated carbocycles. The largest absolute Gasteiger partial charge is 0.490 e. The topological polar surface area (TPSA) is 249 Å². The lowest BCUT2D eigenvalue weighted by Crippen LogP contribution is -2.14. The number of fused-ring (bicyclic) bond motifs is 2. The number of pyridine rings is 2. The molecule has 5 N–H and O–H groups in total. The van der Waals surface area contributed by atoms with Gasteiger partial charge in [0.1, 0.15) is 16.2 Å². The minimum absolute atomic E-state index is 0.0702. The maximum Gasteiger partial charge on any atom is 0.312 e. The summed E-state index contributed by atoms with van der Waals surface area (Å²) in [6, 6.07) is 11.7. The van der Waals surface area contributed by atoms with Crippen LogP contribution in [-0.2, 0) is 9.59 Å². The van der Waals surface area contributed by atoms with Gasteiger partial charge in [-0.1, -0.05) is 35.0 Å². The van der Waals surface area contributed by atoms with E-state index in [9.17, 15) is 29.8 Å². The summed E-state index contributed by atoms with van der Waals surface area (Å²) in [5, 5.41) is 28.0. The van der Waals surface area contributed by atoms with Gasteiger partial charge in [-0.15, -0.1) is 11.6 Å². The smallest absolute Gasteiger partial charge is 0.312 e. The van der Waals surface area contributed by atoms with Crippen molar-refractivity contribution in [3.8, 4) is 11.5 Å². The predicted molar refractivity (Wildman–Crippen MR) is 203 cm³/mol. The van der Waals surface area contributed by atoms with Gasteiger partial charge in [0.2, 0.25) is 11.8 Å². The number of hydrogen-bond donors (Lipinski definition) is 5. The van der Waals surface area contributed by atoms with E-state index in [0.29, 0.717) is 42.6 Å². The van der Waals surface area contributed by atoms with Crippen LogP contribution in [0.25, 0.3) is 22.1 Å². The number of benzene rings is 2. The minimum atomic E-state index is -0.588. The van der Waals surface area contributed by atoms with Crippen molar-refractivity contribution in [2.24, 2.45) is 0 Å². The van der Waals surface area contributed by atoms with Crippen molar-refractivity contribution >= 4 is 115 Å². The summed E-state index contributed by atoms with van der Waals surface area (Å²) in [6.45, 7) is 0. The predicted octanol–water partition coefficient (Wildman–Crippen LogP) is 7.31. The molecule has 4 heterocycles. The third-order valence-electron chi connectivity index (χ3n) is 6.46. The van der Waals surface area contributed by atoms with Crippen molar-refractivity contribution in [3.05, 3.63) is 96.2 Å². The van der Waals surface area contributed by atoms with E-state index in [2.05, 4.69) is 40.5 Å². The first-order valence-electron chi connectivity index (χ1n) is 14.5. The Kier molecular flexibility index (Phi) is 14.3. The van der Waals surface area contributed by atoms with E-state index >= 15 is 0 Å². The number of ether oxygens (including phenoxy) is 2. The van der Waals surface area contributed by atoms with Gasteiger partial charge in [0, 0.05) is 35.6 Å². The van der Waals surface area contributed by atoms with Crippen LogP contribution in [0.2, 0.25) is 10.3 Å². The number of amides is 2. The number of nitro groups is 2. The fraction of sp³-hybridized carbons (Fsp3) is 0.133.